The number of ether oxygens (including phenoxy) is 1. The summed E-state index contributed by atoms with van der Waals surface area (Å²) in [6, 6.07) is 7.25. The predicted octanol–water partition coefficient (Wildman–Crippen LogP) is 5.03. The highest BCUT2D eigenvalue weighted by molar-refractivity contribution is 6.76. The first-order valence-corrected chi connectivity index (χ1v) is 12.6. The third-order valence-corrected chi connectivity index (χ3v) is 5.83. The topological polar surface area (TPSA) is 44.1 Å². The lowest BCUT2D eigenvalue weighted by molar-refractivity contribution is 0.0814. The molecule has 0 N–H and O–H groups in total. The number of carbonyl (C=O) groups is 1. The summed E-state index contributed by atoms with van der Waals surface area (Å²) in [5.41, 5.74) is 3.01. The van der Waals surface area contributed by atoms with Crippen molar-refractivity contribution in [3.05, 3.63) is 29.6 Å². The molecular formula is C19H30N2O2Si. The largest absolute Gasteiger partial charge is 0.361 e. The Bertz CT molecular complexity index is 701. The van der Waals surface area contributed by atoms with Gasteiger partial charge in [0, 0.05) is 21.1 Å². The second-order valence-corrected chi connectivity index (χ2v) is 13.4. The molecule has 0 fully saturated rings. The van der Waals surface area contributed by atoms with E-state index in [-0.39, 0.29) is 5.78 Å². The maximum absolute atomic E-state index is 12.5. The fourth-order valence-electron chi connectivity index (χ4n) is 2.57. The fourth-order valence-corrected chi connectivity index (χ4v) is 3.32. The second-order valence-electron chi connectivity index (χ2n) is 7.73. The summed E-state index contributed by atoms with van der Waals surface area (Å²) in [5, 5.41) is 0. The van der Waals surface area contributed by atoms with Gasteiger partial charge in [-0.05, 0) is 37.1 Å². The van der Waals surface area contributed by atoms with Gasteiger partial charge in [-0.1, -0.05) is 39.1 Å². The van der Waals surface area contributed by atoms with Crippen LogP contribution in [0.2, 0.25) is 25.7 Å². The number of aryl methyl sites for hydroxylation is 1. The average Bonchev–Trinajstić information content (AvgIpc) is 2.86. The molecule has 0 amide bonds. The van der Waals surface area contributed by atoms with Crippen LogP contribution in [-0.2, 0) is 11.5 Å². The molecule has 0 aliphatic heterocycles. The van der Waals surface area contributed by atoms with Crippen molar-refractivity contribution in [1.82, 2.24) is 9.55 Å². The van der Waals surface area contributed by atoms with Crippen molar-refractivity contribution in [2.75, 3.05) is 6.61 Å². The summed E-state index contributed by atoms with van der Waals surface area (Å²) in [6.45, 7) is 12.3. The number of imidazole rings is 1. The molecule has 4 nitrogen and oxygen atoms in total. The van der Waals surface area contributed by atoms with Gasteiger partial charge in [-0.25, -0.2) is 4.98 Å². The minimum absolute atomic E-state index is 0.111. The number of unbranched alkanes of at least 4 members (excludes halogenated alkanes) is 1. The maximum atomic E-state index is 12.5. The van der Waals surface area contributed by atoms with Gasteiger partial charge in [0.25, 0.3) is 0 Å². The van der Waals surface area contributed by atoms with E-state index in [1.165, 1.54) is 0 Å². The van der Waals surface area contributed by atoms with Gasteiger partial charge in [0.15, 0.2) is 11.6 Å². The maximum Gasteiger partial charge on any atom is 0.198 e. The number of nitrogens with zero attached hydrogens (tertiary/aromatic N) is 2. The molecule has 2 rings (SSSR count). The number of Topliss-reactive ketones (excluding diaryl/α,β-unsaturated/α-hetero) is 1. The Morgan fingerprint density at radius 2 is 2.04 bits per heavy atom. The Labute approximate surface area is 146 Å². The van der Waals surface area contributed by atoms with E-state index in [0.717, 1.165) is 42.1 Å². The second kappa shape index (κ2) is 8.08. The van der Waals surface area contributed by atoms with Gasteiger partial charge in [0.1, 0.15) is 6.73 Å². The van der Waals surface area contributed by atoms with E-state index in [4.69, 9.17) is 4.74 Å². The van der Waals surface area contributed by atoms with Crippen molar-refractivity contribution in [2.24, 2.45) is 0 Å². The summed E-state index contributed by atoms with van der Waals surface area (Å²) in [4.78, 5) is 17.1. The highest BCUT2D eigenvalue weighted by atomic mass is 28.3. The van der Waals surface area contributed by atoms with Crippen LogP contribution >= 0.6 is 0 Å². The van der Waals surface area contributed by atoms with Crippen LogP contribution in [0.4, 0.5) is 0 Å². The lowest BCUT2D eigenvalue weighted by Gasteiger charge is -2.16. The third kappa shape index (κ3) is 5.01. The number of benzene rings is 1. The molecule has 24 heavy (non-hydrogen) atoms. The van der Waals surface area contributed by atoms with Crippen molar-refractivity contribution < 1.29 is 9.53 Å². The molecule has 0 bridgehead atoms. The molecule has 0 aliphatic rings. The molecule has 0 radical (unpaired) electrons. The zero-order chi connectivity index (χ0) is 17.7. The highest BCUT2D eigenvalue weighted by Gasteiger charge is 2.18. The quantitative estimate of drug-likeness (QED) is 0.363. The minimum Gasteiger partial charge on any atom is -0.361 e. The van der Waals surface area contributed by atoms with Gasteiger partial charge >= 0.3 is 0 Å². The first kappa shape index (κ1) is 18.9. The normalized spacial score (nSPS) is 12.0. The Morgan fingerprint density at radius 3 is 2.71 bits per heavy atom. The summed E-state index contributed by atoms with van der Waals surface area (Å²) in [7, 11) is -1.11. The summed E-state index contributed by atoms with van der Waals surface area (Å²) in [5.74, 6) is 0.650. The minimum atomic E-state index is -1.11. The molecule has 0 saturated carbocycles. The zero-order valence-corrected chi connectivity index (χ0v) is 16.7. The number of rotatable bonds is 9. The van der Waals surface area contributed by atoms with Gasteiger partial charge in [0.05, 0.1) is 11.0 Å². The van der Waals surface area contributed by atoms with Crippen molar-refractivity contribution in [3.63, 3.8) is 0 Å². The molecular weight excluding hydrogens is 316 g/mol. The standard InChI is InChI=1S/C19H30N2O2Si/c1-6-7-8-18(22)19-20-16-13-15(2)9-10-17(16)21(19)14-23-11-12-24(3,4)5/h9-10,13H,6-8,11-12,14H2,1-5H3. The van der Waals surface area contributed by atoms with E-state index < -0.39 is 8.07 Å². The number of hydrogen-bond donors (Lipinski definition) is 0. The van der Waals surface area contributed by atoms with E-state index in [2.05, 4.69) is 37.6 Å². The molecule has 0 unspecified atom stereocenters. The first-order chi connectivity index (χ1) is 11.3. The molecule has 1 aromatic carbocycles. The molecule has 0 aliphatic carbocycles. The van der Waals surface area contributed by atoms with E-state index in [1.54, 1.807) is 0 Å². The monoisotopic (exact) mass is 346 g/mol. The lowest BCUT2D eigenvalue weighted by atomic mass is 10.2. The molecule has 2 aromatic rings. The van der Waals surface area contributed by atoms with Crippen LogP contribution in [0.3, 0.4) is 0 Å². The van der Waals surface area contributed by atoms with Crippen LogP contribution in [0, 0.1) is 6.92 Å². The molecule has 0 spiro atoms. The lowest BCUT2D eigenvalue weighted by Crippen LogP contribution is -2.22. The number of hydrogen-bond acceptors (Lipinski definition) is 3. The van der Waals surface area contributed by atoms with Crippen LogP contribution in [0.25, 0.3) is 11.0 Å². The van der Waals surface area contributed by atoms with E-state index in [9.17, 15) is 4.79 Å². The number of carbonyl (C=O) groups excluding carboxylic acids is 1. The predicted molar refractivity (Wildman–Crippen MR) is 102 cm³/mol. The molecule has 1 heterocycles. The molecule has 1 aromatic heterocycles. The van der Waals surface area contributed by atoms with Gasteiger partial charge in [-0.2, -0.15) is 0 Å². The zero-order valence-electron chi connectivity index (χ0n) is 15.7. The van der Waals surface area contributed by atoms with Crippen LogP contribution in [0.1, 0.15) is 42.4 Å². The highest BCUT2D eigenvalue weighted by Crippen LogP contribution is 2.20. The van der Waals surface area contributed by atoms with Crippen molar-refractivity contribution in [3.8, 4) is 0 Å². The Kier molecular flexibility index (Phi) is 6.35. The first-order valence-electron chi connectivity index (χ1n) is 8.89. The molecule has 5 heteroatoms. The van der Waals surface area contributed by atoms with Gasteiger partial charge < -0.3 is 4.74 Å². The van der Waals surface area contributed by atoms with Crippen LogP contribution in [0.5, 0.6) is 0 Å². The number of fused-ring (bicyclic) bond motifs is 1. The summed E-state index contributed by atoms with van der Waals surface area (Å²) in [6.07, 6.45) is 2.46. The van der Waals surface area contributed by atoms with Crippen LogP contribution in [-0.4, -0.2) is 30.0 Å². The Morgan fingerprint density at radius 1 is 1.29 bits per heavy atom. The average molecular weight is 347 g/mol. The van der Waals surface area contributed by atoms with Crippen molar-refractivity contribution in [1.29, 1.82) is 0 Å². The van der Waals surface area contributed by atoms with Gasteiger partial charge in [-0.15, -0.1) is 0 Å². The van der Waals surface area contributed by atoms with E-state index >= 15 is 0 Å². The van der Waals surface area contributed by atoms with Crippen molar-refractivity contribution in [2.45, 2.75) is 65.5 Å². The SMILES string of the molecule is CCCCC(=O)c1nc2cc(C)ccc2n1COCC[Si](C)(C)C. The van der Waals surface area contributed by atoms with Crippen LogP contribution < -0.4 is 0 Å². The number of ketones is 1. The van der Waals surface area contributed by atoms with Crippen molar-refractivity contribution >= 4 is 24.9 Å². The molecule has 0 saturated heterocycles. The summed E-state index contributed by atoms with van der Waals surface area (Å²) < 4.78 is 7.83. The third-order valence-electron chi connectivity index (χ3n) is 4.13. The summed E-state index contributed by atoms with van der Waals surface area (Å²) >= 11 is 0. The molecule has 0 atom stereocenters. The smallest absolute Gasteiger partial charge is 0.198 e. The van der Waals surface area contributed by atoms with Gasteiger partial charge in [-0.3, -0.25) is 9.36 Å². The van der Waals surface area contributed by atoms with Crippen LogP contribution in [0.15, 0.2) is 18.2 Å². The van der Waals surface area contributed by atoms with E-state index in [1.807, 2.05) is 23.6 Å². The Hall–Kier alpha value is -1.46. The Balaban J connectivity index is 2.22. The molecule has 132 valence electrons. The van der Waals surface area contributed by atoms with E-state index in [0.29, 0.717) is 19.0 Å². The fraction of sp³-hybridized carbons (Fsp3) is 0.579. The number of aromatic nitrogens is 2. The van der Waals surface area contributed by atoms with Gasteiger partial charge in [0.2, 0.25) is 0 Å².